The number of carbonyl (C=O) groups excluding carboxylic acids is 1. The van der Waals surface area contributed by atoms with Gasteiger partial charge in [-0.1, -0.05) is 0 Å². The van der Waals surface area contributed by atoms with Gasteiger partial charge in [-0.05, 0) is 0 Å². The van der Waals surface area contributed by atoms with E-state index in [2.05, 4.69) is 10.2 Å². The van der Waals surface area contributed by atoms with Gasteiger partial charge in [0.2, 0.25) is 0 Å². The molecule has 6 heteroatoms. The van der Waals surface area contributed by atoms with Crippen LogP contribution in [0.3, 0.4) is 0 Å². The second-order valence-electron chi connectivity index (χ2n) is 2.84. The van der Waals surface area contributed by atoms with Crippen LogP contribution >= 0.6 is 0 Å². The zero-order valence-corrected chi connectivity index (χ0v) is 7.82. The zero-order valence-electron chi connectivity index (χ0n) is 7.82. The van der Waals surface area contributed by atoms with Crippen LogP contribution in [0.2, 0.25) is 0 Å². The molecule has 0 atom stereocenters. The molecule has 0 saturated carbocycles. The van der Waals surface area contributed by atoms with Gasteiger partial charge in [-0.2, -0.15) is 10.4 Å². The number of amides is 1. The number of nitrogen functional groups attached to an aromatic ring is 1. The van der Waals surface area contributed by atoms with Crippen LogP contribution < -0.4 is 5.73 Å². The minimum atomic E-state index is -0.218. The number of aromatic nitrogens is 2. The van der Waals surface area contributed by atoms with Gasteiger partial charge in [-0.3, -0.25) is 9.89 Å². The lowest BCUT2D eigenvalue weighted by atomic mass is 10.3. The van der Waals surface area contributed by atoms with Gasteiger partial charge < -0.3 is 10.6 Å². The summed E-state index contributed by atoms with van der Waals surface area (Å²) in [7, 11) is 1.62. The molecule has 0 spiro atoms. The summed E-state index contributed by atoms with van der Waals surface area (Å²) in [6.45, 7) is 0.397. The highest BCUT2D eigenvalue weighted by Crippen LogP contribution is 2.03. The number of hydrogen-bond donors (Lipinski definition) is 2. The number of H-pyrrole nitrogens is 1. The lowest BCUT2D eigenvalue weighted by Gasteiger charge is -2.13. The molecule has 1 amide bonds. The SMILES string of the molecule is CN(CCC#N)C(=O)c1cc(N)n[nH]1. The average Bonchev–Trinajstić information content (AvgIpc) is 2.60. The Kier molecular flexibility index (Phi) is 3.07. The molecule has 0 aliphatic carbocycles. The molecule has 1 aromatic rings. The van der Waals surface area contributed by atoms with Crippen LogP contribution in [0, 0.1) is 11.3 Å². The Morgan fingerprint density at radius 3 is 3.07 bits per heavy atom. The summed E-state index contributed by atoms with van der Waals surface area (Å²) in [4.78, 5) is 13.0. The molecular weight excluding hydrogens is 182 g/mol. The first-order chi connectivity index (χ1) is 6.65. The predicted molar refractivity (Wildman–Crippen MR) is 50.2 cm³/mol. The molecule has 0 saturated heterocycles. The summed E-state index contributed by atoms with van der Waals surface area (Å²) < 4.78 is 0. The molecule has 1 aromatic heterocycles. The molecule has 74 valence electrons. The van der Waals surface area contributed by atoms with E-state index in [1.54, 1.807) is 7.05 Å². The first-order valence-electron chi connectivity index (χ1n) is 4.08. The van der Waals surface area contributed by atoms with Gasteiger partial charge in [0.05, 0.1) is 12.5 Å². The molecule has 0 fully saturated rings. The van der Waals surface area contributed by atoms with Crippen LogP contribution in [0.15, 0.2) is 6.07 Å². The highest BCUT2D eigenvalue weighted by atomic mass is 16.2. The van der Waals surface area contributed by atoms with Crippen LogP contribution in [0.4, 0.5) is 5.82 Å². The number of nitrogens with two attached hydrogens (primary N) is 1. The van der Waals surface area contributed by atoms with Crippen LogP contribution in [-0.4, -0.2) is 34.6 Å². The maximum absolute atomic E-state index is 11.6. The molecule has 0 bridgehead atoms. The third-order valence-electron chi connectivity index (χ3n) is 1.73. The van der Waals surface area contributed by atoms with Gasteiger partial charge >= 0.3 is 0 Å². The molecule has 1 rings (SSSR count). The quantitative estimate of drug-likeness (QED) is 0.704. The van der Waals surface area contributed by atoms with Crippen molar-refractivity contribution in [2.45, 2.75) is 6.42 Å². The smallest absolute Gasteiger partial charge is 0.271 e. The fourth-order valence-corrected chi connectivity index (χ4v) is 0.972. The molecule has 0 unspecified atom stereocenters. The van der Waals surface area contributed by atoms with Crippen molar-refractivity contribution >= 4 is 11.7 Å². The van der Waals surface area contributed by atoms with E-state index in [1.807, 2.05) is 6.07 Å². The van der Waals surface area contributed by atoms with Crippen LogP contribution in [0.1, 0.15) is 16.9 Å². The Morgan fingerprint density at radius 1 is 1.86 bits per heavy atom. The summed E-state index contributed by atoms with van der Waals surface area (Å²) >= 11 is 0. The third kappa shape index (κ3) is 2.23. The van der Waals surface area contributed by atoms with Crippen molar-refractivity contribution in [3.8, 4) is 6.07 Å². The Hall–Kier alpha value is -2.03. The lowest BCUT2D eigenvalue weighted by molar-refractivity contribution is 0.0792. The van der Waals surface area contributed by atoms with Crippen molar-refractivity contribution in [1.82, 2.24) is 15.1 Å². The standard InChI is InChI=1S/C8H11N5O/c1-13(4-2-3-9)8(14)6-5-7(10)12-11-6/h5H,2,4H2,1H3,(H3,10,11,12). The van der Waals surface area contributed by atoms with Crippen molar-refractivity contribution in [2.24, 2.45) is 0 Å². The summed E-state index contributed by atoms with van der Waals surface area (Å²) in [6, 6.07) is 3.43. The van der Waals surface area contributed by atoms with E-state index in [4.69, 9.17) is 11.0 Å². The number of rotatable bonds is 3. The van der Waals surface area contributed by atoms with E-state index in [-0.39, 0.29) is 11.7 Å². The van der Waals surface area contributed by atoms with Gasteiger partial charge in [0, 0.05) is 19.7 Å². The Balaban J connectivity index is 2.62. The predicted octanol–water partition coefficient (Wildman–Crippen LogP) is -0.0224. The number of carbonyl (C=O) groups is 1. The fourth-order valence-electron chi connectivity index (χ4n) is 0.972. The van der Waals surface area contributed by atoms with Gasteiger partial charge in [0.15, 0.2) is 0 Å². The van der Waals surface area contributed by atoms with Gasteiger partial charge in [0.1, 0.15) is 11.5 Å². The van der Waals surface area contributed by atoms with Crippen molar-refractivity contribution in [1.29, 1.82) is 5.26 Å². The van der Waals surface area contributed by atoms with E-state index < -0.39 is 0 Å². The monoisotopic (exact) mass is 193 g/mol. The van der Waals surface area contributed by atoms with Crippen molar-refractivity contribution in [2.75, 3.05) is 19.3 Å². The van der Waals surface area contributed by atoms with E-state index in [0.717, 1.165) is 0 Å². The second kappa shape index (κ2) is 4.28. The largest absolute Gasteiger partial charge is 0.382 e. The average molecular weight is 193 g/mol. The summed E-state index contributed by atoms with van der Waals surface area (Å²) in [6.07, 6.45) is 0.311. The summed E-state index contributed by atoms with van der Waals surface area (Å²) in [5.74, 6) is 0.0616. The van der Waals surface area contributed by atoms with E-state index in [0.29, 0.717) is 18.7 Å². The topological polar surface area (TPSA) is 98.8 Å². The highest BCUT2D eigenvalue weighted by molar-refractivity contribution is 5.92. The molecule has 0 radical (unpaired) electrons. The van der Waals surface area contributed by atoms with E-state index in [1.165, 1.54) is 11.0 Å². The van der Waals surface area contributed by atoms with Crippen LogP contribution in [0.25, 0.3) is 0 Å². The van der Waals surface area contributed by atoms with Gasteiger partial charge in [-0.15, -0.1) is 0 Å². The van der Waals surface area contributed by atoms with Crippen LogP contribution in [-0.2, 0) is 0 Å². The van der Waals surface area contributed by atoms with E-state index >= 15 is 0 Å². The van der Waals surface area contributed by atoms with Gasteiger partial charge in [-0.25, -0.2) is 0 Å². The van der Waals surface area contributed by atoms with Crippen molar-refractivity contribution in [3.63, 3.8) is 0 Å². The Morgan fingerprint density at radius 2 is 2.57 bits per heavy atom. The molecule has 3 N–H and O–H groups in total. The minimum absolute atomic E-state index is 0.218. The second-order valence-corrected chi connectivity index (χ2v) is 2.84. The fraction of sp³-hybridized carbons (Fsp3) is 0.375. The molecular formula is C8H11N5O. The van der Waals surface area contributed by atoms with Crippen molar-refractivity contribution in [3.05, 3.63) is 11.8 Å². The third-order valence-corrected chi connectivity index (χ3v) is 1.73. The molecule has 14 heavy (non-hydrogen) atoms. The van der Waals surface area contributed by atoms with E-state index in [9.17, 15) is 4.79 Å². The Labute approximate surface area is 81.3 Å². The minimum Gasteiger partial charge on any atom is -0.382 e. The molecule has 6 nitrogen and oxygen atoms in total. The number of hydrogen-bond acceptors (Lipinski definition) is 4. The highest BCUT2D eigenvalue weighted by Gasteiger charge is 2.13. The van der Waals surface area contributed by atoms with Crippen LogP contribution in [0.5, 0.6) is 0 Å². The molecule has 1 heterocycles. The zero-order chi connectivity index (χ0) is 10.6. The van der Waals surface area contributed by atoms with Gasteiger partial charge in [0.25, 0.3) is 5.91 Å². The molecule has 0 aromatic carbocycles. The van der Waals surface area contributed by atoms with Crippen molar-refractivity contribution < 1.29 is 4.79 Å². The Bertz CT molecular complexity index is 364. The summed E-state index contributed by atoms with van der Waals surface area (Å²) in [5, 5.41) is 14.5. The number of nitrogens with one attached hydrogen (secondary N) is 1. The number of aromatic amines is 1. The molecule has 0 aliphatic heterocycles. The molecule has 0 aliphatic rings. The number of anilines is 1. The maximum atomic E-state index is 11.6. The normalized spacial score (nSPS) is 9.43. The first-order valence-corrected chi connectivity index (χ1v) is 4.08. The number of nitriles is 1. The maximum Gasteiger partial charge on any atom is 0.271 e. The first kappa shape index (κ1) is 10.1. The number of nitrogens with zero attached hydrogens (tertiary/aromatic N) is 3. The lowest BCUT2D eigenvalue weighted by Crippen LogP contribution is -2.27. The summed E-state index contributed by atoms with van der Waals surface area (Å²) in [5.41, 5.74) is 5.69.